The van der Waals surface area contributed by atoms with E-state index in [1.54, 1.807) is 0 Å². The zero-order valence-electron chi connectivity index (χ0n) is 1.66. The predicted octanol–water partition coefficient (Wildman–Crippen LogP) is -0.0100. The molecule has 0 nitrogen and oxygen atoms in total. The van der Waals surface area contributed by atoms with Crippen LogP contribution in [0.4, 0.5) is 0 Å². The van der Waals surface area contributed by atoms with Crippen molar-refractivity contribution >= 4 is 0 Å². The van der Waals surface area contributed by atoms with Gasteiger partial charge in [0.25, 0.3) is 0 Å². The Bertz CT molecular complexity index is 8.00. The minimum Gasteiger partial charge on any atom is 0 e. The van der Waals surface area contributed by atoms with E-state index in [1.165, 1.54) is 18.2 Å². The summed E-state index contributed by atoms with van der Waals surface area (Å²) in [6.07, 6.45) is 0. The molecule has 0 aliphatic rings. The molecule has 0 spiro atoms. The van der Waals surface area contributed by atoms with Crippen LogP contribution < -0.4 is 0 Å². The molecule has 4 heteroatoms. The molecule has 0 aliphatic carbocycles. The molecule has 0 aromatic carbocycles. The molecule has 0 aromatic rings. The minimum atomic E-state index is 0. The van der Waals surface area contributed by atoms with E-state index in [0.29, 0.717) is 0 Å². The Morgan fingerprint density at radius 3 is 1.25 bits per heavy atom. The maximum atomic E-state index is 2.11. The molecule has 0 bridgehead atoms. The molecule has 0 saturated heterocycles. The Kier molecular flexibility index (Phi) is 69.7. The van der Waals surface area contributed by atoms with E-state index in [9.17, 15) is 0 Å². The van der Waals surface area contributed by atoms with Gasteiger partial charge in [0.1, 0.15) is 0 Å². The summed E-state index contributed by atoms with van der Waals surface area (Å²) in [6, 6.07) is 0. The number of hydrogen-bond donors (Lipinski definition) is 0. The molecule has 1 radical (unpaired) electrons. The molecular weight excluding hydrogens is 476 g/mol. The third-order valence-corrected chi connectivity index (χ3v) is 0. The summed E-state index contributed by atoms with van der Waals surface area (Å²) in [4.78, 5) is 0. The van der Waals surface area contributed by atoms with Crippen LogP contribution in [-0.4, -0.2) is 0 Å². The van der Waals surface area contributed by atoms with Gasteiger partial charge in [-0.05, 0) is 0 Å². The van der Waals surface area contributed by atoms with Crippen molar-refractivity contribution in [3.8, 4) is 0 Å². The SMILES string of the molecule is [Mn].[Ta][Ir].[Ti]. The van der Waals surface area contributed by atoms with E-state index in [1.807, 2.05) is 0 Å². The van der Waals surface area contributed by atoms with Crippen molar-refractivity contribution in [2.75, 3.05) is 0 Å². The van der Waals surface area contributed by atoms with Crippen LogP contribution in [0.15, 0.2) is 0 Å². The molecule has 0 atom stereocenters. The van der Waals surface area contributed by atoms with Gasteiger partial charge in [0.05, 0.1) is 0 Å². The molecule has 0 saturated carbocycles. The van der Waals surface area contributed by atoms with E-state index >= 15 is 0 Å². The summed E-state index contributed by atoms with van der Waals surface area (Å²) in [5, 5.41) is 0. The van der Waals surface area contributed by atoms with Gasteiger partial charge in [0.15, 0.2) is 0 Å². The molecule has 0 amide bonds. The van der Waals surface area contributed by atoms with Crippen molar-refractivity contribution in [1.82, 2.24) is 0 Å². The van der Waals surface area contributed by atoms with E-state index in [-0.39, 0.29) is 38.8 Å². The zero-order chi connectivity index (χ0) is 2.00. The fourth-order valence-electron chi connectivity index (χ4n) is 0. The van der Waals surface area contributed by atoms with E-state index in [0.717, 1.165) is 0 Å². The Morgan fingerprint density at radius 1 is 1.25 bits per heavy atom. The third-order valence-electron chi connectivity index (χ3n) is 0. The summed E-state index contributed by atoms with van der Waals surface area (Å²) in [6.45, 7) is 0. The molecule has 0 aromatic heterocycles. The summed E-state index contributed by atoms with van der Waals surface area (Å²) < 4.78 is 0. The molecule has 0 rings (SSSR count). The van der Waals surface area contributed by atoms with Crippen LogP contribution in [0.5, 0.6) is 0 Å². The van der Waals surface area contributed by atoms with Crippen molar-refractivity contribution in [3.05, 3.63) is 0 Å². The minimum absolute atomic E-state index is 0. The fourth-order valence-corrected chi connectivity index (χ4v) is 0. The van der Waals surface area contributed by atoms with Gasteiger partial charge in [-0.25, -0.2) is 0 Å². The Hall–Kier alpha value is 2.62. The molecule has 25 valence electrons. The van der Waals surface area contributed by atoms with Gasteiger partial charge < -0.3 is 0 Å². The van der Waals surface area contributed by atoms with Gasteiger partial charge in [0.2, 0.25) is 0 Å². The van der Waals surface area contributed by atoms with E-state index < -0.39 is 0 Å². The van der Waals surface area contributed by atoms with Gasteiger partial charge in [0, 0.05) is 38.8 Å². The molecule has 0 heterocycles. The first-order chi connectivity index (χ1) is 1.00. The van der Waals surface area contributed by atoms with Gasteiger partial charge in [-0.3, -0.25) is 0 Å². The fraction of sp³-hybridized carbons (Fsp3) is 0. The predicted molar refractivity (Wildman–Crippen MR) is 0 cm³/mol. The van der Waals surface area contributed by atoms with Crippen LogP contribution in [0.25, 0.3) is 0 Å². The molecule has 0 N–H and O–H groups in total. The largest absolute Gasteiger partial charge is 0 e. The first-order valence-corrected chi connectivity index (χ1v) is 9.99. The molecular formula is IrMnTaTi. The van der Waals surface area contributed by atoms with Crippen LogP contribution >= 0.6 is 0 Å². The second-order valence-electron chi connectivity index (χ2n) is 0. The molecule has 0 fully saturated rings. The zero-order valence-corrected chi connectivity index (χ0v) is 10.0. The standard InChI is InChI=1S/Ir.Mn.Ta.Ti. The maximum Gasteiger partial charge on any atom is 0 e. The van der Waals surface area contributed by atoms with Crippen molar-refractivity contribution in [2.45, 2.75) is 0 Å². The Labute approximate surface area is 71.5 Å². The van der Waals surface area contributed by atoms with Crippen LogP contribution in [0.2, 0.25) is 0 Å². The van der Waals surface area contributed by atoms with Crippen molar-refractivity contribution in [2.24, 2.45) is 0 Å². The monoisotopic (exact) mass is 477 g/mol. The van der Waals surface area contributed by atoms with Crippen molar-refractivity contribution < 1.29 is 72.7 Å². The first kappa shape index (κ1) is 16.0. The topological polar surface area (TPSA) is 0 Å². The average molecular weight is 476 g/mol. The second-order valence-corrected chi connectivity index (χ2v) is 0. The Balaban J connectivity index is -0.00000000500. The molecule has 4 heavy (non-hydrogen) atoms. The number of hydrogen-bond acceptors (Lipinski definition) is 0. The summed E-state index contributed by atoms with van der Waals surface area (Å²) >= 11 is 3.56. The first-order valence-electron chi connectivity index (χ1n) is 0.149. The normalized spacial score (nSPS) is 1.50. The van der Waals surface area contributed by atoms with Gasteiger partial charge in [-0.2, -0.15) is 0 Å². The van der Waals surface area contributed by atoms with Crippen molar-refractivity contribution in [3.63, 3.8) is 0 Å². The summed E-state index contributed by atoms with van der Waals surface area (Å²) in [5.74, 6) is 0. The third kappa shape index (κ3) is 8.82. The smallest absolute Gasteiger partial charge is 0 e. The van der Waals surface area contributed by atoms with Crippen LogP contribution in [0, 0.1) is 0 Å². The van der Waals surface area contributed by atoms with Gasteiger partial charge in [-0.1, -0.05) is 0 Å². The molecule has 0 unspecified atom stereocenters. The second kappa shape index (κ2) is 17.5. The number of rotatable bonds is 0. The maximum absolute atomic E-state index is 2.11. The van der Waals surface area contributed by atoms with E-state index in [4.69, 9.17) is 0 Å². The van der Waals surface area contributed by atoms with Crippen LogP contribution in [0.3, 0.4) is 0 Å². The van der Waals surface area contributed by atoms with E-state index in [2.05, 4.69) is 15.7 Å². The quantitative estimate of drug-likeness (QED) is 0.432. The Morgan fingerprint density at radius 2 is 1.25 bits per heavy atom. The van der Waals surface area contributed by atoms with Crippen LogP contribution in [0.1, 0.15) is 0 Å². The summed E-state index contributed by atoms with van der Waals surface area (Å²) in [7, 11) is 0. The van der Waals surface area contributed by atoms with Gasteiger partial charge >= 0.3 is 33.9 Å². The summed E-state index contributed by atoms with van der Waals surface area (Å²) in [5.41, 5.74) is 0. The average Bonchev–Trinajstić information content (AvgIpc) is 1.00. The van der Waals surface area contributed by atoms with Crippen molar-refractivity contribution in [1.29, 1.82) is 0 Å². The van der Waals surface area contributed by atoms with Gasteiger partial charge in [-0.15, -0.1) is 0 Å². The van der Waals surface area contributed by atoms with Crippen LogP contribution in [-0.2, 0) is 72.7 Å². The molecule has 0 aliphatic heterocycles.